The number of fused-ring (bicyclic) bond motifs is 2. The number of hydrogen-bond acceptors (Lipinski definition) is 6. The summed E-state index contributed by atoms with van der Waals surface area (Å²) in [4.78, 5) is 52.5. The molecule has 2 atom stereocenters. The van der Waals surface area contributed by atoms with E-state index in [9.17, 15) is 18.8 Å². The molecule has 0 aliphatic heterocycles. The third kappa shape index (κ3) is 7.52. The van der Waals surface area contributed by atoms with Crippen LogP contribution >= 0.6 is 11.6 Å². The van der Waals surface area contributed by atoms with E-state index in [1.807, 2.05) is 31.2 Å². The number of aryl methyl sites for hydroxylation is 2. The van der Waals surface area contributed by atoms with Gasteiger partial charge in [0.1, 0.15) is 29.8 Å². The van der Waals surface area contributed by atoms with Crippen molar-refractivity contribution in [1.29, 1.82) is 0 Å². The van der Waals surface area contributed by atoms with Crippen LogP contribution in [-0.4, -0.2) is 57.5 Å². The van der Waals surface area contributed by atoms with E-state index in [-0.39, 0.29) is 42.7 Å². The van der Waals surface area contributed by atoms with Gasteiger partial charge < -0.3 is 19.9 Å². The van der Waals surface area contributed by atoms with Gasteiger partial charge in [-0.1, -0.05) is 48.0 Å². The highest BCUT2D eigenvalue weighted by Crippen LogP contribution is 2.26. The van der Waals surface area contributed by atoms with E-state index < -0.39 is 24.0 Å². The number of benzene rings is 2. The van der Waals surface area contributed by atoms with Crippen molar-refractivity contribution in [2.24, 2.45) is 5.92 Å². The van der Waals surface area contributed by atoms with Crippen LogP contribution in [0.3, 0.4) is 0 Å². The van der Waals surface area contributed by atoms with Gasteiger partial charge in [0.2, 0.25) is 0 Å². The number of hydrogen-bond donors (Lipinski definition) is 3. The zero-order valence-corrected chi connectivity index (χ0v) is 25.3. The predicted octanol–water partition coefficient (Wildman–Crippen LogP) is 5.97. The molecule has 0 saturated heterocycles. The number of urea groups is 1. The Morgan fingerprint density at radius 1 is 1.18 bits per heavy atom. The van der Waals surface area contributed by atoms with E-state index in [0.717, 1.165) is 34.4 Å². The van der Waals surface area contributed by atoms with E-state index in [1.165, 1.54) is 17.0 Å². The Morgan fingerprint density at radius 2 is 1.98 bits per heavy atom. The van der Waals surface area contributed by atoms with Crippen molar-refractivity contribution in [2.45, 2.75) is 51.6 Å². The van der Waals surface area contributed by atoms with Crippen LogP contribution in [0.1, 0.15) is 42.0 Å². The monoisotopic (exact) mass is 620 g/mol. The van der Waals surface area contributed by atoms with Crippen LogP contribution in [0.2, 0.25) is 5.02 Å². The Balaban J connectivity index is 1.22. The van der Waals surface area contributed by atoms with Crippen LogP contribution in [0.4, 0.5) is 19.8 Å². The molecule has 2 heterocycles. The molecule has 5 rings (SSSR count). The van der Waals surface area contributed by atoms with Crippen molar-refractivity contribution >= 4 is 46.1 Å². The quantitative estimate of drug-likeness (QED) is 0.200. The molecular weight excluding hydrogens is 587 g/mol. The first-order valence-corrected chi connectivity index (χ1v) is 14.8. The summed E-state index contributed by atoms with van der Waals surface area (Å²) >= 11 is 6.04. The number of imidazole rings is 1. The maximum atomic E-state index is 13.9. The summed E-state index contributed by atoms with van der Waals surface area (Å²) in [5.74, 6) is 0.510. The second kappa shape index (κ2) is 13.9. The number of rotatable bonds is 10. The number of carbonyl (C=O) groups excluding carboxylic acids is 3. The minimum Gasteiger partial charge on any atom is -0.447 e. The van der Waals surface area contributed by atoms with E-state index >= 15 is 0 Å². The number of nitrogens with zero attached hydrogens (tertiary/aromatic N) is 3. The van der Waals surface area contributed by atoms with Crippen molar-refractivity contribution in [1.82, 2.24) is 25.2 Å². The molecule has 1 unspecified atom stereocenters. The van der Waals surface area contributed by atoms with Gasteiger partial charge in [-0.2, -0.15) is 0 Å². The number of aromatic nitrogens is 3. The van der Waals surface area contributed by atoms with Gasteiger partial charge in [0.25, 0.3) is 0 Å². The fourth-order valence-electron chi connectivity index (χ4n) is 5.41. The lowest BCUT2D eigenvalue weighted by Gasteiger charge is -2.29. The van der Waals surface area contributed by atoms with Crippen LogP contribution < -0.4 is 10.6 Å². The number of halogens is 2. The number of anilines is 1. The summed E-state index contributed by atoms with van der Waals surface area (Å²) in [7, 11) is 1.56. The molecule has 0 bridgehead atoms. The minimum atomic E-state index is -0.737. The standard InChI is InChI=1S/C32H34ClFN6O4/c1-19-37-26-12-10-21(14-27(26)38-19)28(41)13-11-24(40(2)31(42)36-17-23-8-5-9-25(34)30(23)33)18-44-32(43)39-29-15-20-6-3-4-7-22(20)16-35-29/h3-9,15-16,21,24H,10-14,17-18H2,1-2H3,(H,36,42)(H,37,38)(H,35,39,43)/t21?,24-/m0/s1. The Morgan fingerprint density at radius 3 is 2.80 bits per heavy atom. The van der Waals surface area contributed by atoms with E-state index in [1.54, 1.807) is 25.4 Å². The molecule has 10 nitrogen and oxygen atoms in total. The number of amides is 3. The maximum absolute atomic E-state index is 13.9. The van der Waals surface area contributed by atoms with Crippen molar-refractivity contribution < 1.29 is 23.5 Å². The van der Waals surface area contributed by atoms with Gasteiger partial charge in [-0.3, -0.25) is 10.1 Å². The third-order valence-corrected chi connectivity index (χ3v) is 8.36. The van der Waals surface area contributed by atoms with Gasteiger partial charge >= 0.3 is 12.1 Å². The zero-order valence-electron chi connectivity index (χ0n) is 24.5. The first-order valence-electron chi connectivity index (χ1n) is 14.5. The van der Waals surface area contributed by atoms with Crippen molar-refractivity contribution in [3.05, 3.63) is 88.3 Å². The fraction of sp³-hybridized carbons (Fsp3) is 0.344. The lowest BCUT2D eigenvalue weighted by Crippen LogP contribution is -2.46. The SMILES string of the molecule is Cc1nc2c([nH]1)CC(C(=O)CC[C@@H](COC(=O)Nc1cc3ccccc3cn1)N(C)C(=O)NCc1cccc(F)c1Cl)CC2. The summed E-state index contributed by atoms with van der Waals surface area (Å²) in [6, 6.07) is 12.6. The molecular formula is C32H34ClFN6O4. The molecule has 12 heteroatoms. The molecule has 2 aromatic heterocycles. The molecule has 0 radical (unpaired) electrons. The second-order valence-corrected chi connectivity index (χ2v) is 11.3. The topological polar surface area (TPSA) is 129 Å². The molecule has 3 amide bonds. The van der Waals surface area contributed by atoms with Gasteiger partial charge in [0.15, 0.2) is 0 Å². The number of Topliss-reactive ketones (excluding diaryl/α,β-unsaturated/α-hetero) is 1. The molecule has 1 aliphatic carbocycles. The Labute approximate surface area is 259 Å². The smallest absolute Gasteiger partial charge is 0.412 e. The maximum Gasteiger partial charge on any atom is 0.412 e. The molecule has 44 heavy (non-hydrogen) atoms. The first-order chi connectivity index (χ1) is 21.2. The largest absolute Gasteiger partial charge is 0.447 e. The van der Waals surface area contributed by atoms with Crippen molar-refractivity contribution in [3.8, 4) is 0 Å². The number of carbonyl (C=O) groups is 3. The lowest BCUT2D eigenvalue weighted by atomic mass is 9.85. The van der Waals surface area contributed by atoms with Crippen LogP contribution in [-0.2, 0) is 28.9 Å². The van der Waals surface area contributed by atoms with Gasteiger partial charge in [-0.25, -0.2) is 23.9 Å². The molecule has 230 valence electrons. The average Bonchev–Trinajstić information content (AvgIpc) is 3.40. The number of pyridine rings is 1. The average molecular weight is 621 g/mol. The summed E-state index contributed by atoms with van der Waals surface area (Å²) in [5.41, 5.74) is 2.43. The van der Waals surface area contributed by atoms with E-state index in [4.69, 9.17) is 16.3 Å². The van der Waals surface area contributed by atoms with Gasteiger partial charge in [0, 0.05) is 43.2 Å². The number of H-pyrrole nitrogens is 1. The van der Waals surface area contributed by atoms with E-state index in [0.29, 0.717) is 24.2 Å². The highest BCUT2D eigenvalue weighted by atomic mass is 35.5. The molecule has 2 aromatic carbocycles. The number of likely N-dealkylation sites (N-methyl/N-ethyl adjacent to an activating group) is 1. The van der Waals surface area contributed by atoms with Crippen LogP contribution in [0.25, 0.3) is 10.8 Å². The Kier molecular flexibility index (Phi) is 9.74. The summed E-state index contributed by atoms with van der Waals surface area (Å²) in [5, 5.41) is 7.13. The highest BCUT2D eigenvalue weighted by Gasteiger charge is 2.29. The number of ketones is 1. The first kappa shape index (κ1) is 30.9. The third-order valence-electron chi connectivity index (χ3n) is 7.94. The van der Waals surface area contributed by atoms with Crippen LogP contribution in [0, 0.1) is 18.7 Å². The normalized spacial score (nSPS) is 14.9. The van der Waals surface area contributed by atoms with Gasteiger partial charge in [0.05, 0.1) is 16.8 Å². The summed E-state index contributed by atoms with van der Waals surface area (Å²) < 4.78 is 19.4. The predicted molar refractivity (Wildman–Crippen MR) is 165 cm³/mol. The molecule has 1 aliphatic rings. The highest BCUT2D eigenvalue weighted by molar-refractivity contribution is 6.31. The summed E-state index contributed by atoms with van der Waals surface area (Å²) in [6.07, 6.45) is 3.43. The molecule has 0 saturated carbocycles. The molecule has 0 spiro atoms. The van der Waals surface area contributed by atoms with Crippen LogP contribution in [0.5, 0.6) is 0 Å². The fourth-order valence-corrected chi connectivity index (χ4v) is 5.60. The van der Waals surface area contributed by atoms with Gasteiger partial charge in [-0.05, 0) is 55.7 Å². The Bertz CT molecular complexity index is 1680. The summed E-state index contributed by atoms with van der Waals surface area (Å²) in [6.45, 7) is 1.73. The molecule has 4 aromatic rings. The van der Waals surface area contributed by atoms with Crippen LogP contribution in [0.15, 0.2) is 54.7 Å². The second-order valence-electron chi connectivity index (χ2n) is 11.0. The van der Waals surface area contributed by atoms with Gasteiger partial charge in [-0.15, -0.1) is 0 Å². The molecule has 0 fully saturated rings. The van der Waals surface area contributed by atoms with E-state index in [2.05, 4.69) is 25.6 Å². The molecule has 3 N–H and O–H groups in total. The van der Waals surface area contributed by atoms with Crippen molar-refractivity contribution in [3.63, 3.8) is 0 Å². The number of ether oxygens (including phenoxy) is 1. The van der Waals surface area contributed by atoms with Crippen molar-refractivity contribution in [2.75, 3.05) is 19.0 Å². The number of nitrogens with one attached hydrogen (secondary N) is 3. The number of aromatic amines is 1. The lowest BCUT2D eigenvalue weighted by molar-refractivity contribution is -0.123. The zero-order chi connectivity index (χ0) is 31.2. The Hall–Kier alpha value is -4.51. The minimum absolute atomic E-state index is 0.00556.